The van der Waals surface area contributed by atoms with Crippen molar-refractivity contribution in [3.8, 4) is 23.0 Å². The maximum Gasteiger partial charge on any atom is 0.174 e. The minimum Gasteiger partial charge on any atom is -0.508 e. The third-order valence-corrected chi connectivity index (χ3v) is 5.64. The number of hydrogen-bond donors (Lipinski definition) is 7. The summed E-state index contributed by atoms with van der Waals surface area (Å²) in [5, 5.41) is 70.4. The van der Waals surface area contributed by atoms with Gasteiger partial charge in [-0.1, -0.05) is 12.1 Å². The van der Waals surface area contributed by atoms with Crippen LogP contribution in [0.1, 0.15) is 40.1 Å². The molecule has 2 heterocycles. The number of rotatable bonds is 3. The fourth-order valence-electron chi connectivity index (χ4n) is 3.97. The SMILES string of the molecule is O=C1C[C@H](c2ccc(O)cc2)Oc2cc(O)c([C@@H]3O[C@H](CO)[C@H](O)[C@@H](O)[C@@H]3O)c(O)c21. The number of hydrogen-bond acceptors (Lipinski definition) is 10. The number of aliphatic hydroxyl groups excluding tert-OH is 4. The molecule has 0 aromatic heterocycles. The number of benzene rings is 2. The molecule has 0 bridgehead atoms. The number of fused-ring (bicyclic) bond motifs is 1. The fraction of sp³-hybridized carbons (Fsp3) is 0.381. The third kappa shape index (κ3) is 3.58. The van der Waals surface area contributed by atoms with Gasteiger partial charge in [0.2, 0.25) is 0 Å². The molecule has 7 N–H and O–H groups in total. The van der Waals surface area contributed by atoms with Crippen LogP contribution >= 0.6 is 0 Å². The van der Waals surface area contributed by atoms with Crippen molar-refractivity contribution in [2.75, 3.05) is 6.61 Å². The first-order chi connectivity index (χ1) is 14.7. The van der Waals surface area contributed by atoms with Crippen LogP contribution in [0.5, 0.6) is 23.0 Å². The van der Waals surface area contributed by atoms with Crippen molar-refractivity contribution in [3.05, 3.63) is 47.0 Å². The minimum absolute atomic E-state index is 0.0470. The molecular formula is C21H22O10. The lowest BCUT2D eigenvalue weighted by Gasteiger charge is -2.40. The Bertz CT molecular complexity index is 987. The number of phenolic OH excluding ortho intramolecular Hbond substituents is 3. The molecule has 2 aromatic rings. The second-order valence-corrected chi connectivity index (χ2v) is 7.61. The zero-order valence-corrected chi connectivity index (χ0v) is 16.1. The van der Waals surface area contributed by atoms with E-state index in [9.17, 15) is 40.5 Å². The van der Waals surface area contributed by atoms with Gasteiger partial charge in [-0.2, -0.15) is 0 Å². The molecular weight excluding hydrogens is 412 g/mol. The third-order valence-electron chi connectivity index (χ3n) is 5.64. The van der Waals surface area contributed by atoms with Gasteiger partial charge in [-0.25, -0.2) is 0 Å². The highest BCUT2D eigenvalue weighted by Crippen LogP contribution is 2.49. The summed E-state index contributed by atoms with van der Waals surface area (Å²) in [5.41, 5.74) is 0.0178. The van der Waals surface area contributed by atoms with E-state index in [1.165, 1.54) is 12.1 Å². The second-order valence-electron chi connectivity index (χ2n) is 7.61. The molecule has 0 saturated carbocycles. The summed E-state index contributed by atoms with van der Waals surface area (Å²) >= 11 is 0. The maximum atomic E-state index is 12.8. The van der Waals surface area contributed by atoms with E-state index in [0.29, 0.717) is 5.56 Å². The number of ketones is 1. The molecule has 2 aliphatic heterocycles. The van der Waals surface area contributed by atoms with Gasteiger partial charge in [0.05, 0.1) is 18.6 Å². The zero-order chi connectivity index (χ0) is 22.4. The highest BCUT2D eigenvalue weighted by Gasteiger charge is 2.47. The Morgan fingerprint density at radius 2 is 1.65 bits per heavy atom. The van der Waals surface area contributed by atoms with Crippen LogP contribution in [0, 0.1) is 0 Å². The molecule has 1 fully saturated rings. The molecule has 4 rings (SSSR count). The summed E-state index contributed by atoms with van der Waals surface area (Å²) in [6.07, 6.45) is -8.72. The van der Waals surface area contributed by atoms with E-state index < -0.39 is 60.5 Å². The predicted octanol–water partition coefficient (Wildman–Crippen LogP) is 0.0248. The van der Waals surface area contributed by atoms with Gasteiger partial charge in [0.25, 0.3) is 0 Å². The molecule has 0 amide bonds. The van der Waals surface area contributed by atoms with Crippen LogP contribution in [0.15, 0.2) is 30.3 Å². The average molecular weight is 434 g/mol. The minimum atomic E-state index is -1.75. The molecule has 6 atom stereocenters. The second kappa shape index (κ2) is 7.98. The number of ether oxygens (including phenoxy) is 2. The highest BCUT2D eigenvalue weighted by molar-refractivity contribution is 6.03. The molecule has 10 nitrogen and oxygen atoms in total. The molecule has 1 saturated heterocycles. The monoisotopic (exact) mass is 434 g/mol. The first-order valence-corrected chi connectivity index (χ1v) is 9.61. The predicted molar refractivity (Wildman–Crippen MR) is 103 cm³/mol. The number of carbonyl (C=O) groups is 1. The molecule has 2 aromatic carbocycles. The summed E-state index contributed by atoms with van der Waals surface area (Å²) in [7, 11) is 0. The Labute approximate surface area is 176 Å². The molecule has 0 radical (unpaired) electrons. The lowest BCUT2D eigenvalue weighted by atomic mass is 9.87. The van der Waals surface area contributed by atoms with Crippen molar-refractivity contribution in [1.82, 2.24) is 0 Å². The Kier molecular flexibility index (Phi) is 5.50. The van der Waals surface area contributed by atoms with Crippen LogP contribution in [0.2, 0.25) is 0 Å². The number of Topliss-reactive ketones (excluding diaryl/α,β-unsaturated/α-hetero) is 1. The van der Waals surface area contributed by atoms with Gasteiger partial charge in [-0.05, 0) is 17.7 Å². The van der Waals surface area contributed by atoms with E-state index in [4.69, 9.17) is 9.47 Å². The number of carbonyl (C=O) groups excluding carboxylic acids is 1. The van der Waals surface area contributed by atoms with Crippen molar-refractivity contribution in [3.63, 3.8) is 0 Å². The normalized spacial score (nSPS) is 30.5. The molecule has 10 heteroatoms. The fourth-order valence-corrected chi connectivity index (χ4v) is 3.97. The van der Waals surface area contributed by atoms with Gasteiger partial charge in [-0.3, -0.25) is 4.79 Å². The summed E-state index contributed by atoms with van der Waals surface area (Å²) < 4.78 is 11.2. The Balaban J connectivity index is 1.72. The summed E-state index contributed by atoms with van der Waals surface area (Å²) in [4.78, 5) is 12.8. The zero-order valence-electron chi connectivity index (χ0n) is 16.1. The highest BCUT2D eigenvalue weighted by atomic mass is 16.5. The van der Waals surface area contributed by atoms with E-state index in [1.807, 2.05) is 0 Å². The van der Waals surface area contributed by atoms with Crippen LogP contribution in [-0.4, -0.2) is 72.6 Å². The van der Waals surface area contributed by atoms with Crippen molar-refractivity contribution in [2.45, 2.75) is 43.0 Å². The lowest BCUT2D eigenvalue weighted by molar-refractivity contribution is -0.232. The van der Waals surface area contributed by atoms with Crippen LogP contribution in [0.25, 0.3) is 0 Å². The van der Waals surface area contributed by atoms with Gasteiger partial charge >= 0.3 is 0 Å². The molecule has 0 aliphatic carbocycles. The van der Waals surface area contributed by atoms with Gasteiger partial charge in [0.15, 0.2) is 5.78 Å². The number of aromatic hydroxyl groups is 3. The van der Waals surface area contributed by atoms with Crippen LogP contribution in [-0.2, 0) is 4.74 Å². The number of phenols is 3. The van der Waals surface area contributed by atoms with Crippen molar-refractivity contribution < 1.29 is 50.0 Å². The van der Waals surface area contributed by atoms with Gasteiger partial charge in [-0.15, -0.1) is 0 Å². The smallest absolute Gasteiger partial charge is 0.174 e. The standard InChI is InChI=1S/C21H22O10/c22-7-14-17(26)19(28)20(29)21(31-14)16-11(25)6-13-15(18(16)27)10(24)5-12(30-13)8-1-3-9(23)4-2-8/h1-4,6,12,14,17,19-23,25-29H,5,7H2/t12-,14-,17+,19-,20+,21+/m1/s1. The van der Waals surface area contributed by atoms with Gasteiger partial charge < -0.3 is 45.2 Å². The molecule has 2 aliphatic rings. The summed E-state index contributed by atoms with van der Waals surface area (Å²) in [5.74, 6) is -1.79. The average Bonchev–Trinajstić information content (AvgIpc) is 2.73. The topological polar surface area (TPSA) is 177 Å². The van der Waals surface area contributed by atoms with Crippen molar-refractivity contribution in [2.24, 2.45) is 0 Å². The maximum absolute atomic E-state index is 12.8. The van der Waals surface area contributed by atoms with Crippen LogP contribution in [0.3, 0.4) is 0 Å². The van der Waals surface area contributed by atoms with E-state index in [-0.39, 0.29) is 29.0 Å². The van der Waals surface area contributed by atoms with Gasteiger partial charge in [0.1, 0.15) is 65.2 Å². The van der Waals surface area contributed by atoms with Crippen molar-refractivity contribution >= 4 is 5.78 Å². The summed E-state index contributed by atoms with van der Waals surface area (Å²) in [6.45, 7) is -0.690. The van der Waals surface area contributed by atoms with Gasteiger partial charge in [0, 0.05) is 6.07 Å². The number of aliphatic hydroxyl groups is 4. The van der Waals surface area contributed by atoms with Crippen molar-refractivity contribution in [1.29, 1.82) is 0 Å². The molecule has 0 unspecified atom stereocenters. The molecule has 166 valence electrons. The quantitative estimate of drug-likeness (QED) is 0.348. The Morgan fingerprint density at radius 1 is 0.968 bits per heavy atom. The van der Waals surface area contributed by atoms with E-state index >= 15 is 0 Å². The largest absolute Gasteiger partial charge is 0.508 e. The first kappa shape index (κ1) is 21.3. The van der Waals surface area contributed by atoms with Crippen LogP contribution < -0.4 is 4.74 Å². The van der Waals surface area contributed by atoms with E-state index in [2.05, 4.69) is 0 Å². The first-order valence-electron chi connectivity index (χ1n) is 9.61. The lowest BCUT2D eigenvalue weighted by Crippen LogP contribution is -2.55. The van der Waals surface area contributed by atoms with Crippen LogP contribution in [0.4, 0.5) is 0 Å². The summed E-state index contributed by atoms with van der Waals surface area (Å²) in [6, 6.07) is 7.14. The Hall–Kier alpha value is -2.89. The van der Waals surface area contributed by atoms with E-state index in [0.717, 1.165) is 6.07 Å². The molecule has 31 heavy (non-hydrogen) atoms. The van der Waals surface area contributed by atoms with E-state index in [1.54, 1.807) is 12.1 Å². The molecule has 0 spiro atoms. The Morgan fingerprint density at radius 3 is 2.29 bits per heavy atom.